The van der Waals surface area contributed by atoms with E-state index in [0.717, 1.165) is 25.6 Å². The van der Waals surface area contributed by atoms with Gasteiger partial charge < -0.3 is 18.6 Å². The highest BCUT2D eigenvalue weighted by Crippen LogP contribution is 2.14. The van der Waals surface area contributed by atoms with Gasteiger partial charge in [-0.2, -0.15) is 0 Å². The lowest BCUT2D eigenvalue weighted by atomic mass is 10.1. The summed E-state index contributed by atoms with van der Waals surface area (Å²) in [6.45, 7) is 4.40. The van der Waals surface area contributed by atoms with Gasteiger partial charge in [0.05, 0.1) is 0 Å². The normalized spacial score (nSPS) is 11.9. The van der Waals surface area contributed by atoms with Crippen molar-refractivity contribution in [2.24, 2.45) is 0 Å². The fourth-order valence-corrected chi connectivity index (χ4v) is 5.33. The molecule has 0 spiro atoms. The second-order valence-electron chi connectivity index (χ2n) is 8.09. The average Bonchev–Trinajstić information content (AvgIpc) is 2.75. The lowest BCUT2D eigenvalue weighted by molar-refractivity contribution is 0.123. The highest BCUT2D eigenvalue weighted by Gasteiger charge is 2.36. The van der Waals surface area contributed by atoms with E-state index >= 15 is 0 Å². The van der Waals surface area contributed by atoms with Crippen LogP contribution in [0, 0.1) is 0 Å². The number of allylic oxidation sites excluding steroid dienone is 2. The summed E-state index contributed by atoms with van der Waals surface area (Å²) >= 11 is 0. The SMILES string of the molecule is CCCCCCCC/C=C\CCCCCCCCNCCC[Si](OC)(OC)OC.Cl. The van der Waals surface area contributed by atoms with Crippen molar-refractivity contribution in [2.75, 3.05) is 34.4 Å². The van der Waals surface area contributed by atoms with Gasteiger partial charge in [-0.3, -0.25) is 0 Å². The van der Waals surface area contributed by atoms with Gasteiger partial charge >= 0.3 is 8.80 Å². The number of halogens is 1. The number of rotatable bonds is 23. The van der Waals surface area contributed by atoms with Crippen LogP contribution in [0.5, 0.6) is 0 Å². The van der Waals surface area contributed by atoms with E-state index in [9.17, 15) is 0 Å². The second kappa shape index (κ2) is 25.3. The largest absolute Gasteiger partial charge is 0.500 e. The van der Waals surface area contributed by atoms with Gasteiger partial charge in [0.25, 0.3) is 0 Å². The van der Waals surface area contributed by atoms with Crippen LogP contribution in [-0.2, 0) is 13.3 Å². The highest BCUT2D eigenvalue weighted by molar-refractivity contribution is 6.60. The number of unbranched alkanes of at least 4 members (excludes halogenated alkanes) is 12. The predicted octanol–water partition coefficient (Wildman–Crippen LogP) is 7.30. The smallest absolute Gasteiger partial charge is 0.377 e. The maximum atomic E-state index is 5.44. The van der Waals surface area contributed by atoms with Crippen LogP contribution >= 0.6 is 12.4 Å². The third-order valence-electron chi connectivity index (χ3n) is 5.63. The molecule has 0 saturated carbocycles. The van der Waals surface area contributed by atoms with Gasteiger partial charge in [0.15, 0.2) is 0 Å². The fraction of sp³-hybridized carbons (Fsp3) is 0.917. The molecule has 0 amide bonds. The minimum atomic E-state index is -2.38. The van der Waals surface area contributed by atoms with Crippen molar-refractivity contribution in [2.45, 2.75) is 109 Å². The van der Waals surface area contributed by atoms with Crippen molar-refractivity contribution < 1.29 is 13.3 Å². The third-order valence-corrected chi connectivity index (χ3v) is 8.47. The molecule has 0 aromatic heterocycles. The monoisotopic (exact) mass is 465 g/mol. The van der Waals surface area contributed by atoms with E-state index in [1.54, 1.807) is 21.3 Å². The van der Waals surface area contributed by atoms with Crippen LogP contribution < -0.4 is 5.32 Å². The number of nitrogens with one attached hydrogen (secondary N) is 1. The number of hydrogen-bond donors (Lipinski definition) is 1. The zero-order valence-electron chi connectivity index (χ0n) is 20.5. The van der Waals surface area contributed by atoms with Gasteiger partial charge in [-0.05, 0) is 51.6 Å². The molecule has 4 nitrogen and oxygen atoms in total. The first-order chi connectivity index (χ1) is 14.2. The Bertz CT molecular complexity index is 347. The van der Waals surface area contributed by atoms with Crippen molar-refractivity contribution in [1.82, 2.24) is 5.32 Å². The van der Waals surface area contributed by atoms with Crippen LogP contribution in [-0.4, -0.2) is 43.2 Å². The van der Waals surface area contributed by atoms with E-state index in [0.29, 0.717) is 0 Å². The first-order valence-corrected chi connectivity index (χ1v) is 14.2. The van der Waals surface area contributed by atoms with E-state index in [1.165, 1.54) is 89.9 Å². The van der Waals surface area contributed by atoms with Gasteiger partial charge in [-0.1, -0.05) is 76.9 Å². The topological polar surface area (TPSA) is 39.7 Å². The molecule has 0 fully saturated rings. The molecule has 0 aliphatic heterocycles. The molecule has 0 rings (SSSR count). The summed E-state index contributed by atoms with van der Waals surface area (Å²) in [6, 6.07) is 0.872. The van der Waals surface area contributed by atoms with E-state index in [-0.39, 0.29) is 12.4 Å². The Balaban J connectivity index is 0. The van der Waals surface area contributed by atoms with E-state index in [4.69, 9.17) is 13.3 Å². The summed E-state index contributed by atoms with van der Waals surface area (Å²) in [7, 11) is 2.66. The van der Waals surface area contributed by atoms with Crippen LogP contribution in [0.2, 0.25) is 6.04 Å². The minimum absolute atomic E-state index is 0. The summed E-state index contributed by atoms with van der Waals surface area (Å²) in [5.74, 6) is 0. The molecule has 0 aromatic rings. The molecule has 0 radical (unpaired) electrons. The molecule has 1 N–H and O–H groups in total. The van der Waals surface area contributed by atoms with Crippen LogP contribution in [0.3, 0.4) is 0 Å². The zero-order valence-corrected chi connectivity index (χ0v) is 22.3. The minimum Gasteiger partial charge on any atom is -0.377 e. The quantitative estimate of drug-likeness (QED) is 0.0975. The third kappa shape index (κ3) is 20.0. The Hall–Kier alpha value is 0.0869. The van der Waals surface area contributed by atoms with E-state index < -0.39 is 8.80 Å². The van der Waals surface area contributed by atoms with Crippen molar-refractivity contribution in [3.8, 4) is 0 Å². The standard InChI is InChI=1S/C24H51NO3Si.ClH/c1-5-6-7-8-9-10-11-12-13-14-15-16-17-18-19-20-22-25-23-21-24-29(26-2,27-3)28-4;/h12-13,25H,5-11,14-24H2,1-4H3;1H/b13-12-;. The highest BCUT2D eigenvalue weighted by atomic mass is 35.5. The molecule has 6 heteroatoms. The van der Waals surface area contributed by atoms with Crippen molar-refractivity contribution in [3.05, 3.63) is 12.2 Å². The summed E-state index contributed by atoms with van der Waals surface area (Å²) in [6.07, 6.45) is 24.9. The Morgan fingerprint density at radius 3 is 1.53 bits per heavy atom. The average molecular weight is 466 g/mol. The molecule has 0 heterocycles. The van der Waals surface area contributed by atoms with Crippen LogP contribution in [0.15, 0.2) is 12.2 Å². The molecular formula is C24H52ClNO3Si. The molecule has 0 unspecified atom stereocenters. The van der Waals surface area contributed by atoms with Gasteiger partial charge in [0.1, 0.15) is 0 Å². The lowest BCUT2D eigenvalue weighted by Crippen LogP contribution is -2.43. The van der Waals surface area contributed by atoms with E-state index in [2.05, 4.69) is 24.4 Å². The maximum Gasteiger partial charge on any atom is 0.500 e. The number of hydrogen-bond acceptors (Lipinski definition) is 4. The molecular weight excluding hydrogens is 414 g/mol. The Morgan fingerprint density at radius 2 is 1.03 bits per heavy atom. The molecule has 182 valence electrons. The van der Waals surface area contributed by atoms with Gasteiger partial charge in [0.2, 0.25) is 0 Å². The summed E-state index contributed by atoms with van der Waals surface area (Å²) in [5.41, 5.74) is 0. The molecule has 30 heavy (non-hydrogen) atoms. The van der Waals surface area contributed by atoms with Crippen molar-refractivity contribution >= 4 is 21.2 Å². The molecule has 0 aromatic carbocycles. The van der Waals surface area contributed by atoms with Crippen LogP contribution in [0.4, 0.5) is 0 Å². The Kier molecular flexibility index (Phi) is 27.3. The second-order valence-corrected chi connectivity index (χ2v) is 11.2. The lowest BCUT2D eigenvalue weighted by Gasteiger charge is -2.24. The Labute approximate surface area is 195 Å². The van der Waals surface area contributed by atoms with Gasteiger partial charge in [-0.25, -0.2) is 0 Å². The van der Waals surface area contributed by atoms with Gasteiger partial charge in [-0.15, -0.1) is 12.4 Å². The fourth-order valence-electron chi connectivity index (χ4n) is 3.61. The summed E-state index contributed by atoms with van der Waals surface area (Å²) in [4.78, 5) is 0. The van der Waals surface area contributed by atoms with Crippen molar-refractivity contribution in [3.63, 3.8) is 0 Å². The molecule has 0 atom stereocenters. The van der Waals surface area contributed by atoms with Crippen molar-refractivity contribution in [1.29, 1.82) is 0 Å². The zero-order chi connectivity index (χ0) is 21.5. The molecule has 0 saturated heterocycles. The summed E-state index contributed by atoms with van der Waals surface area (Å²) in [5, 5.41) is 3.53. The van der Waals surface area contributed by atoms with E-state index in [1.807, 2.05) is 0 Å². The maximum absolute atomic E-state index is 5.44. The van der Waals surface area contributed by atoms with Crippen LogP contribution in [0.25, 0.3) is 0 Å². The van der Waals surface area contributed by atoms with Crippen LogP contribution in [0.1, 0.15) is 103 Å². The van der Waals surface area contributed by atoms with Gasteiger partial charge in [0, 0.05) is 27.4 Å². The first-order valence-electron chi connectivity index (χ1n) is 12.3. The molecule has 0 aliphatic rings. The molecule has 0 aliphatic carbocycles. The Morgan fingerprint density at radius 1 is 0.600 bits per heavy atom. The first kappa shape index (κ1) is 32.3. The predicted molar refractivity (Wildman–Crippen MR) is 136 cm³/mol. The summed E-state index contributed by atoms with van der Waals surface area (Å²) < 4.78 is 16.3. The molecule has 0 bridgehead atoms.